The number of hydrogen-bond donors (Lipinski definition) is 1. The number of hydrogen-bond acceptors (Lipinski definition) is 3. The van der Waals surface area contributed by atoms with Crippen molar-refractivity contribution in [2.24, 2.45) is 0 Å². The molecule has 0 aliphatic carbocycles. The molecule has 2 rings (SSSR count). The van der Waals surface area contributed by atoms with Gasteiger partial charge < -0.3 is 14.6 Å². The fourth-order valence-corrected chi connectivity index (χ4v) is 2.58. The molecule has 4 heteroatoms. The maximum Gasteiger partial charge on any atom is 0.332 e. The van der Waals surface area contributed by atoms with E-state index < -0.39 is 12.1 Å². The maximum atomic E-state index is 10.8. The van der Waals surface area contributed by atoms with Crippen LogP contribution in [0, 0.1) is 6.92 Å². The summed E-state index contributed by atoms with van der Waals surface area (Å²) in [6.45, 7) is 6.82. The Kier molecular flexibility index (Phi) is 4.65. The third kappa shape index (κ3) is 3.51. The van der Waals surface area contributed by atoms with Crippen LogP contribution in [0.1, 0.15) is 43.7 Å². The Morgan fingerprint density at radius 2 is 2.20 bits per heavy atom. The standard InChI is InChI=1S/C16H22O4/c1-10(2)14-6-4-12(8-11(14)3)19-9-13-5-7-15(20-13)16(17)18/h4,6,8,10,13,15H,5,7,9H2,1-3H3,(H,17,18). The van der Waals surface area contributed by atoms with E-state index >= 15 is 0 Å². The van der Waals surface area contributed by atoms with Crippen molar-refractivity contribution in [3.63, 3.8) is 0 Å². The lowest BCUT2D eigenvalue weighted by atomic mass is 9.98. The summed E-state index contributed by atoms with van der Waals surface area (Å²) in [6, 6.07) is 6.08. The summed E-state index contributed by atoms with van der Waals surface area (Å²) < 4.78 is 11.1. The fraction of sp³-hybridized carbons (Fsp3) is 0.562. The van der Waals surface area contributed by atoms with Crippen molar-refractivity contribution >= 4 is 5.97 Å². The Morgan fingerprint density at radius 1 is 1.45 bits per heavy atom. The van der Waals surface area contributed by atoms with Crippen molar-refractivity contribution in [2.75, 3.05) is 6.61 Å². The van der Waals surface area contributed by atoms with E-state index in [1.165, 1.54) is 11.1 Å². The molecule has 2 unspecified atom stereocenters. The second-order valence-electron chi connectivity index (χ2n) is 5.65. The van der Waals surface area contributed by atoms with Crippen LogP contribution in [0.2, 0.25) is 0 Å². The van der Waals surface area contributed by atoms with E-state index in [0.29, 0.717) is 18.9 Å². The minimum atomic E-state index is -0.885. The molecular formula is C16H22O4. The van der Waals surface area contributed by atoms with Crippen LogP contribution >= 0.6 is 0 Å². The molecule has 1 aromatic rings. The third-order valence-electron chi connectivity index (χ3n) is 3.68. The van der Waals surface area contributed by atoms with Crippen LogP contribution in [0.15, 0.2) is 18.2 Å². The van der Waals surface area contributed by atoms with Crippen LogP contribution in [0.5, 0.6) is 5.75 Å². The van der Waals surface area contributed by atoms with Crippen molar-refractivity contribution in [1.82, 2.24) is 0 Å². The monoisotopic (exact) mass is 278 g/mol. The van der Waals surface area contributed by atoms with Gasteiger partial charge in [-0.25, -0.2) is 4.79 Å². The van der Waals surface area contributed by atoms with Crippen LogP contribution in [-0.2, 0) is 9.53 Å². The highest BCUT2D eigenvalue weighted by molar-refractivity contribution is 5.72. The molecular weight excluding hydrogens is 256 g/mol. The van der Waals surface area contributed by atoms with Crippen molar-refractivity contribution < 1.29 is 19.4 Å². The zero-order chi connectivity index (χ0) is 14.7. The molecule has 0 bridgehead atoms. The minimum absolute atomic E-state index is 0.124. The van der Waals surface area contributed by atoms with Crippen LogP contribution < -0.4 is 4.74 Å². The quantitative estimate of drug-likeness (QED) is 0.899. The summed E-state index contributed by atoms with van der Waals surface area (Å²) in [5.74, 6) is 0.428. The fourth-order valence-electron chi connectivity index (χ4n) is 2.58. The lowest BCUT2D eigenvalue weighted by Crippen LogP contribution is -2.23. The molecule has 4 nitrogen and oxygen atoms in total. The van der Waals surface area contributed by atoms with Gasteiger partial charge in [-0.1, -0.05) is 19.9 Å². The van der Waals surface area contributed by atoms with Crippen LogP contribution in [-0.4, -0.2) is 29.9 Å². The van der Waals surface area contributed by atoms with Gasteiger partial charge in [0.25, 0.3) is 0 Å². The maximum absolute atomic E-state index is 10.8. The van der Waals surface area contributed by atoms with Gasteiger partial charge in [0, 0.05) is 0 Å². The molecule has 1 aliphatic rings. The molecule has 1 aromatic carbocycles. The molecule has 0 spiro atoms. The molecule has 0 aromatic heterocycles. The van der Waals surface area contributed by atoms with Crippen LogP contribution in [0.3, 0.4) is 0 Å². The largest absolute Gasteiger partial charge is 0.491 e. The van der Waals surface area contributed by atoms with Gasteiger partial charge in [0.15, 0.2) is 6.10 Å². The van der Waals surface area contributed by atoms with E-state index in [9.17, 15) is 4.79 Å². The lowest BCUT2D eigenvalue weighted by Gasteiger charge is -2.15. The van der Waals surface area contributed by atoms with E-state index in [1.54, 1.807) is 0 Å². The Balaban J connectivity index is 1.89. The second-order valence-corrected chi connectivity index (χ2v) is 5.65. The molecule has 0 saturated carbocycles. The number of carboxylic acid groups (broad SMARTS) is 1. The predicted molar refractivity (Wildman–Crippen MR) is 76.3 cm³/mol. The summed E-state index contributed by atoms with van der Waals surface area (Å²) in [5, 5.41) is 8.87. The highest BCUT2D eigenvalue weighted by atomic mass is 16.6. The topological polar surface area (TPSA) is 55.8 Å². The molecule has 1 fully saturated rings. The van der Waals surface area contributed by atoms with Gasteiger partial charge in [-0.3, -0.25) is 0 Å². The Hall–Kier alpha value is -1.55. The second kappa shape index (κ2) is 6.27. The van der Waals surface area contributed by atoms with Gasteiger partial charge in [0.2, 0.25) is 0 Å². The lowest BCUT2D eigenvalue weighted by molar-refractivity contribution is -0.149. The molecule has 2 atom stereocenters. The van der Waals surface area contributed by atoms with E-state index in [4.69, 9.17) is 14.6 Å². The summed E-state index contributed by atoms with van der Waals surface area (Å²) in [4.78, 5) is 10.8. The molecule has 1 N–H and O–H groups in total. The zero-order valence-electron chi connectivity index (χ0n) is 12.3. The third-order valence-corrected chi connectivity index (χ3v) is 3.68. The average molecular weight is 278 g/mol. The van der Waals surface area contributed by atoms with Gasteiger partial charge in [0.05, 0.1) is 6.10 Å². The van der Waals surface area contributed by atoms with Gasteiger partial charge in [-0.15, -0.1) is 0 Å². The molecule has 0 radical (unpaired) electrons. The SMILES string of the molecule is Cc1cc(OCC2CCC(C(=O)O)O2)ccc1C(C)C. The molecule has 20 heavy (non-hydrogen) atoms. The smallest absolute Gasteiger partial charge is 0.332 e. The van der Waals surface area contributed by atoms with Crippen LogP contribution in [0.4, 0.5) is 0 Å². The van der Waals surface area contributed by atoms with Gasteiger partial charge in [0.1, 0.15) is 12.4 Å². The van der Waals surface area contributed by atoms with E-state index in [1.807, 2.05) is 12.1 Å². The molecule has 110 valence electrons. The minimum Gasteiger partial charge on any atom is -0.491 e. The number of benzene rings is 1. The summed E-state index contributed by atoms with van der Waals surface area (Å²) in [7, 11) is 0. The van der Waals surface area contributed by atoms with Crippen LogP contribution in [0.25, 0.3) is 0 Å². The van der Waals surface area contributed by atoms with Gasteiger partial charge in [-0.2, -0.15) is 0 Å². The van der Waals surface area contributed by atoms with Gasteiger partial charge in [-0.05, 0) is 48.9 Å². The van der Waals surface area contributed by atoms with Crippen molar-refractivity contribution in [2.45, 2.75) is 51.7 Å². The van der Waals surface area contributed by atoms with Crippen molar-refractivity contribution in [3.8, 4) is 5.75 Å². The first kappa shape index (κ1) is 14.9. The Labute approximate surface area is 119 Å². The van der Waals surface area contributed by atoms with E-state index in [2.05, 4.69) is 26.8 Å². The Bertz CT molecular complexity index is 481. The average Bonchev–Trinajstić information content (AvgIpc) is 2.85. The summed E-state index contributed by atoms with van der Waals surface area (Å²) in [6.07, 6.45) is 0.504. The van der Waals surface area contributed by atoms with E-state index in [0.717, 1.165) is 12.2 Å². The molecule has 1 heterocycles. The summed E-state index contributed by atoms with van der Waals surface area (Å²) >= 11 is 0. The Morgan fingerprint density at radius 3 is 2.75 bits per heavy atom. The number of aliphatic carboxylic acids is 1. The molecule has 1 saturated heterocycles. The van der Waals surface area contributed by atoms with Gasteiger partial charge >= 0.3 is 5.97 Å². The molecule has 0 amide bonds. The number of carboxylic acids is 1. The number of rotatable bonds is 5. The van der Waals surface area contributed by atoms with Crippen molar-refractivity contribution in [3.05, 3.63) is 29.3 Å². The highest BCUT2D eigenvalue weighted by Gasteiger charge is 2.30. The summed E-state index contributed by atoms with van der Waals surface area (Å²) in [5.41, 5.74) is 2.54. The van der Waals surface area contributed by atoms with E-state index in [-0.39, 0.29) is 6.10 Å². The first-order valence-electron chi connectivity index (χ1n) is 7.09. The predicted octanol–water partition coefficient (Wildman–Crippen LogP) is 3.13. The number of carbonyl (C=O) groups is 1. The van der Waals surface area contributed by atoms with Crippen molar-refractivity contribution in [1.29, 1.82) is 0 Å². The number of aryl methyl sites for hydroxylation is 1. The first-order chi connectivity index (χ1) is 9.47. The highest BCUT2D eigenvalue weighted by Crippen LogP contribution is 2.25. The number of ether oxygens (including phenoxy) is 2. The normalized spacial score (nSPS) is 22.2. The zero-order valence-corrected chi connectivity index (χ0v) is 12.3. The molecule has 1 aliphatic heterocycles. The first-order valence-corrected chi connectivity index (χ1v) is 7.09.